The molecule has 24 heavy (non-hydrogen) atoms. The fraction of sp³-hybridized carbons (Fsp3) is 0.400. The highest BCUT2D eigenvalue weighted by Crippen LogP contribution is 2.30. The molecule has 1 aromatic heterocycles. The molecule has 124 valence electrons. The van der Waals surface area contributed by atoms with Gasteiger partial charge in [0.2, 0.25) is 0 Å². The number of hydrogen-bond donors (Lipinski definition) is 0. The van der Waals surface area contributed by atoms with Crippen LogP contribution in [0.25, 0.3) is 11.1 Å². The van der Waals surface area contributed by atoms with Gasteiger partial charge in [-0.05, 0) is 36.5 Å². The zero-order chi connectivity index (χ0) is 16.4. The SMILES string of the molecule is O=Cc1ccc(-c2ccc(N3CCN(CC4CC4)CC3)nc2)cc1. The summed E-state index contributed by atoms with van der Waals surface area (Å²) in [7, 11) is 0. The maximum atomic E-state index is 10.7. The largest absolute Gasteiger partial charge is 0.354 e. The van der Waals surface area contributed by atoms with Gasteiger partial charge in [0.25, 0.3) is 0 Å². The number of anilines is 1. The van der Waals surface area contributed by atoms with E-state index in [9.17, 15) is 4.79 Å². The molecule has 1 saturated carbocycles. The van der Waals surface area contributed by atoms with Crippen molar-refractivity contribution in [1.29, 1.82) is 0 Å². The van der Waals surface area contributed by atoms with Crippen LogP contribution in [-0.2, 0) is 0 Å². The number of rotatable bonds is 5. The van der Waals surface area contributed by atoms with Crippen LogP contribution in [0, 0.1) is 5.92 Å². The Balaban J connectivity index is 1.39. The molecule has 1 saturated heterocycles. The highest BCUT2D eigenvalue weighted by Gasteiger charge is 2.26. The first-order valence-electron chi connectivity index (χ1n) is 8.81. The lowest BCUT2D eigenvalue weighted by Crippen LogP contribution is -2.47. The van der Waals surface area contributed by atoms with Crippen molar-refractivity contribution < 1.29 is 4.79 Å². The smallest absolute Gasteiger partial charge is 0.150 e. The average molecular weight is 321 g/mol. The zero-order valence-electron chi connectivity index (χ0n) is 13.9. The van der Waals surface area contributed by atoms with Gasteiger partial charge in [-0.1, -0.05) is 24.3 Å². The Morgan fingerprint density at radius 1 is 0.958 bits per heavy atom. The van der Waals surface area contributed by atoms with E-state index >= 15 is 0 Å². The topological polar surface area (TPSA) is 36.4 Å². The van der Waals surface area contributed by atoms with Crippen molar-refractivity contribution in [2.75, 3.05) is 37.6 Å². The molecule has 0 atom stereocenters. The molecular weight excluding hydrogens is 298 g/mol. The van der Waals surface area contributed by atoms with Crippen LogP contribution < -0.4 is 4.90 Å². The predicted molar refractivity (Wildman–Crippen MR) is 96.4 cm³/mol. The van der Waals surface area contributed by atoms with Crippen molar-refractivity contribution in [3.8, 4) is 11.1 Å². The molecular formula is C20H23N3O. The van der Waals surface area contributed by atoms with Gasteiger partial charge in [0.15, 0.2) is 0 Å². The lowest BCUT2D eigenvalue weighted by Gasteiger charge is -2.35. The Morgan fingerprint density at radius 2 is 1.67 bits per heavy atom. The highest BCUT2D eigenvalue weighted by atomic mass is 16.1. The maximum absolute atomic E-state index is 10.7. The number of hydrogen-bond acceptors (Lipinski definition) is 4. The molecule has 0 bridgehead atoms. The van der Waals surface area contributed by atoms with Crippen molar-refractivity contribution in [1.82, 2.24) is 9.88 Å². The number of aldehydes is 1. The summed E-state index contributed by atoms with van der Waals surface area (Å²) in [6.07, 6.45) is 5.66. The number of benzene rings is 1. The summed E-state index contributed by atoms with van der Waals surface area (Å²) >= 11 is 0. The third-order valence-corrected chi connectivity index (χ3v) is 5.04. The third-order valence-electron chi connectivity index (χ3n) is 5.04. The molecule has 2 aliphatic rings. The molecule has 1 aliphatic heterocycles. The van der Waals surface area contributed by atoms with Crippen LogP contribution in [-0.4, -0.2) is 48.9 Å². The van der Waals surface area contributed by atoms with Gasteiger partial charge in [0.05, 0.1) is 0 Å². The van der Waals surface area contributed by atoms with E-state index in [1.54, 1.807) is 0 Å². The molecule has 1 aromatic carbocycles. The normalized spacial score (nSPS) is 18.6. The molecule has 0 unspecified atom stereocenters. The molecule has 2 heterocycles. The molecule has 4 rings (SSSR count). The predicted octanol–water partition coefficient (Wildman–Crippen LogP) is 3.09. The van der Waals surface area contributed by atoms with E-state index in [0.29, 0.717) is 5.56 Å². The second-order valence-corrected chi connectivity index (χ2v) is 6.88. The monoisotopic (exact) mass is 321 g/mol. The number of pyridine rings is 1. The van der Waals surface area contributed by atoms with Crippen molar-refractivity contribution in [3.63, 3.8) is 0 Å². The molecule has 1 aliphatic carbocycles. The number of carbonyl (C=O) groups is 1. The standard InChI is InChI=1S/C20H23N3O/c24-15-17-3-5-18(6-4-17)19-7-8-20(21-13-19)23-11-9-22(10-12-23)14-16-1-2-16/h3-8,13,15-16H,1-2,9-12,14H2. The Labute approximate surface area is 143 Å². The molecule has 4 nitrogen and oxygen atoms in total. The molecule has 4 heteroatoms. The van der Waals surface area contributed by atoms with Gasteiger partial charge < -0.3 is 4.90 Å². The van der Waals surface area contributed by atoms with E-state index in [1.807, 2.05) is 30.5 Å². The summed E-state index contributed by atoms with van der Waals surface area (Å²) in [5.74, 6) is 2.04. The van der Waals surface area contributed by atoms with Crippen LogP contribution in [0.5, 0.6) is 0 Å². The molecule has 0 amide bonds. The molecule has 0 N–H and O–H groups in total. The van der Waals surface area contributed by atoms with E-state index in [4.69, 9.17) is 0 Å². The number of nitrogens with zero attached hydrogens (tertiary/aromatic N) is 3. The first-order valence-corrected chi connectivity index (χ1v) is 8.81. The van der Waals surface area contributed by atoms with Crippen molar-refractivity contribution in [2.24, 2.45) is 5.92 Å². The van der Waals surface area contributed by atoms with Gasteiger partial charge in [0, 0.05) is 50.0 Å². The van der Waals surface area contributed by atoms with Gasteiger partial charge in [-0.3, -0.25) is 9.69 Å². The van der Waals surface area contributed by atoms with E-state index < -0.39 is 0 Å². The minimum absolute atomic E-state index is 0.701. The van der Waals surface area contributed by atoms with Gasteiger partial charge in [-0.15, -0.1) is 0 Å². The number of aromatic nitrogens is 1. The summed E-state index contributed by atoms with van der Waals surface area (Å²) in [6.45, 7) is 5.71. The molecule has 2 aromatic rings. The minimum Gasteiger partial charge on any atom is -0.354 e. The number of carbonyl (C=O) groups excluding carboxylic acids is 1. The van der Waals surface area contributed by atoms with E-state index in [2.05, 4.69) is 26.9 Å². The first kappa shape index (κ1) is 15.3. The van der Waals surface area contributed by atoms with Crippen LogP contribution in [0.3, 0.4) is 0 Å². The van der Waals surface area contributed by atoms with Crippen molar-refractivity contribution in [3.05, 3.63) is 48.2 Å². The van der Waals surface area contributed by atoms with Crippen LogP contribution in [0.15, 0.2) is 42.6 Å². The Bertz CT molecular complexity index is 684. The second kappa shape index (κ2) is 6.73. The average Bonchev–Trinajstić information content (AvgIpc) is 3.47. The fourth-order valence-corrected chi connectivity index (χ4v) is 3.32. The van der Waals surface area contributed by atoms with Gasteiger partial charge in [0.1, 0.15) is 12.1 Å². The van der Waals surface area contributed by atoms with Gasteiger partial charge >= 0.3 is 0 Å². The molecule has 0 radical (unpaired) electrons. The highest BCUT2D eigenvalue weighted by molar-refractivity contribution is 5.76. The molecule has 2 fully saturated rings. The quantitative estimate of drug-likeness (QED) is 0.793. The van der Waals surface area contributed by atoms with Crippen molar-refractivity contribution >= 4 is 12.1 Å². The summed E-state index contributed by atoms with van der Waals surface area (Å²) < 4.78 is 0. The Hall–Kier alpha value is -2.20. The van der Waals surface area contributed by atoms with Crippen molar-refractivity contribution in [2.45, 2.75) is 12.8 Å². The minimum atomic E-state index is 0.701. The fourth-order valence-electron chi connectivity index (χ4n) is 3.32. The maximum Gasteiger partial charge on any atom is 0.150 e. The number of piperazine rings is 1. The van der Waals surface area contributed by atoms with E-state index in [1.165, 1.54) is 19.4 Å². The summed E-state index contributed by atoms with van der Waals surface area (Å²) in [5.41, 5.74) is 2.88. The summed E-state index contributed by atoms with van der Waals surface area (Å²) in [5, 5.41) is 0. The Morgan fingerprint density at radius 3 is 2.25 bits per heavy atom. The Kier molecular flexibility index (Phi) is 4.30. The van der Waals surface area contributed by atoms with Gasteiger partial charge in [-0.2, -0.15) is 0 Å². The van der Waals surface area contributed by atoms with Crippen LogP contribution in [0.4, 0.5) is 5.82 Å². The lowest BCUT2D eigenvalue weighted by molar-refractivity contribution is 0.112. The lowest BCUT2D eigenvalue weighted by atomic mass is 10.1. The molecule has 0 spiro atoms. The third kappa shape index (κ3) is 3.49. The summed E-state index contributed by atoms with van der Waals surface area (Å²) in [4.78, 5) is 20.4. The van der Waals surface area contributed by atoms with Crippen LogP contribution in [0.2, 0.25) is 0 Å². The van der Waals surface area contributed by atoms with Gasteiger partial charge in [-0.25, -0.2) is 4.98 Å². The second-order valence-electron chi connectivity index (χ2n) is 6.88. The van der Waals surface area contributed by atoms with Crippen LogP contribution in [0.1, 0.15) is 23.2 Å². The zero-order valence-corrected chi connectivity index (χ0v) is 13.9. The van der Waals surface area contributed by atoms with E-state index in [0.717, 1.165) is 55.3 Å². The summed E-state index contributed by atoms with van der Waals surface area (Å²) in [6, 6.07) is 11.9. The first-order chi connectivity index (χ1) is 11.8. The van der Waals surface area contributed by atoms with E-state index in [-0.39, 0.29) is 0 Å². The van der Waals surface area contributed by atoms with Crippen LogP contribution >= 0.6 is 0 Å².